The number of rotatable bonds is 2. The highest BCUT2D eigenvalue weighted by Crippen LogP contribution is 2.29. The number of nitrogens with zero attached hydrogens (tertiary/aromatic N) is 2. The maximum absolute atomic E-state index is 6.04. The molecule has 112 valence electrons. The van der Waals surface area contributed by atoms with E-state index in [1.54, 1.807) is 0 Å². The summed E-state index contributed by atoms with van der Waals surface area (Å²) in [7, 11) is 0. The fourth-order valence-corrected chi connectivity index (χ4v) is 2.90. The minimum absolute atomic E-state index is 0.732. The van der Waals surface area contributed by atoms with Gasteiger partial charge in [0.15, 0.2) is 0 Å². The first kappa shape index (κ1) is 14.0. The predicted octanol–water partition coefficient (Wildman–Crippen LogP) is 5.65. The van der Waals surface area contributed by atoms with E-state index in [-0.39, 0.29) is 0 Å². The van der Waals surface area contributed by atoms with Crippen molar-refractivity contribution in [2.75, 3.05) is 0 Å². The zero-order valence-electron chi connectivity index (χ0n) is 12.7. The second-order valence-corrected chi connectivity index (χ2v) is 6.04. The Labute approximate surface area is 140 Å². The van der Waals surface area contributed by atoms with E-state index < -0.39 is 0 Å². The average molecular weight is 319 g/mol. The van der Waals surface area contributed by atoms with Crippen molar-refractivity contribution in [1.29, 1.82) is 0 Å². The van der Waals surface area contributed by atoms with Crippen molar-refractivity contribution in [1.82, 2.24) is 9.55 Å². The SMILES string of the molecule is Cc1ccc(-c2nc3ccccc3n2-c2ccc(Cl)cc2)cc1. The van der Waals surface area contributed by atoms with Crippen molar-refractivity contribution in [3.63, 3.8) is 0 Å². The molecule has 0 fully saturated rings. The quantitative estimate of drug-likeness (QED) is 0.466. The Morgan fingerprint density at radius 3 is 2.26 bits per heavy atom. The summed E-state index contributed by atoms with van der Waals surface area (Å²) in [5, 5.41) is 0.732. The molecule has 2 nitrogen and oxygen atoms in total. The molecule has 1 heterocycles. The van der Waals surface area contributed by atoms with E-state index in [1.807, 2.05) is 42.5 Å². The van der Waals surface area contributed by atoms with Crippen LogP contribution < -0.4 is 0 Å². The molecule has 0 aliphatic carbocycles. The Kier molecular flexibility index (Phi) is 3.40. The topological polar surface area (TPSA) is 17.8 Å². The molecule has 0 saturated heterocycles. The largest absolute Gasteiger partial charge is 0.292 e. The van der Waals surface area contributed by atoms with E-state index in [1.165, 1.54) is 5.56 Å². The number of halogens is 1. The lowest BCUT2D eigenvalue weighted by atomic mass is 10.1. The van der Waals surface area contributed by atoms with Gasteiger partial charge in [0.25, 0.3) is 0 Å². The molecule has 4 rings (SSSR count). The molecule has 0 saturated carbocycles. The molecular formula is C20H15ClN2. The number of hydrogen-bond acceptors (Lipinski definition) is 1. The Balaban J connectivity index is 2.01. The standard InChI is InChI=1S/C20H15ClN2/c1-14-6-8-15(9-7-14)20-22-18-4-2-3-5-19(18)23(20)17-12-10-16(21)11-13-17/h2-13H,1H3. The van der Waals surface area contributed by atoms with Crippen LogP contribution in [0.1, 0.15) is 5.56 Å². The van der Waals surface area contributed by atoms with E-state index in [0.717, 1.165) is 33.1 Å². The zero-order chi connectivity index (χ0) is 15.8. The summed E-state index contributed by atoms with van der Waals surface area (Å²) in [5.41, 5.74) is 5.46. The van der Waals surface area contributed by atoms with Gasteiger partial charge >= 0.3 is 0 Å². The maximum atomic E-state index is 6.04. The molecule has 0 amide bonds. The van der Waals surface area contributed by atoms with Crippen LogP contribution in [0.3, 0.4) is 0 Å². The highest BCUT2D eigenvalue weighted by Gasteiger charge is 2.13. The minimum Gasteiger partial charge on any atom is -0.292 e. The van der Waals surface area contributed by atoms with E-state index in [4.69, 9.17) is 16.6 Å². The van der Waals surface area contributed by atoms with Crippen molar-refractivity contribution in [2.24, 2.45) is 0 Å². The van der Waals surface area contributed by atoms with E-state index in [9.17, 15) is 0 Å². The number of aryl methyl sites for hydroxylation is 1. The second kappa shape index (κ2) is 5.56. The first-order valence-electron chi connectivity index (χ1n) is 7.53. The maximum Gasteiger partial charge on any atom is 0.145 e. The van der Waals surface area contributed by atoms with Gasteiger partial charge in [-0.1, -0.05) is 53.6 Å². The lowest BCUT2D eigenvalue weighted by Gasteiger charge is -2.10. The summed E-state index contributed by atoms with van der Waals surface area (Å²) in [4.78, 5) is 4.84. The number of fused-ring (bicyclic) bond motifs is 1. The Morgan fingerprint density at radius 1 is 0.826 bits per heavy atom. The number of imidazole rings is 1. The van der Waals surface area contributed by atoms with Gasteiger partial charge in [0, 0.05) is 16.3 Å². The molecule has 23 heavy (non-hydrogen) atoms. The van der Waals surface area contributed by atoms with Crippen molar-refractivity contribution in [3.05, 3.63) is 83.4 Å². The fourth-order valence-electron chi connectivity index (χ4n) is 2.77. The van der Waals surface area contributed by atoms with Gasteiger partial charge in [0.2, 0.25) is 0 Å². The van der Waals surface area contributed by atoms with Crippen LogP contribution in [0.25, 0.3) is 28.1 Å². The third-order valence-corrected chi connectivity index (χ3v) is 4.21. The van der Waals surface area contributed by atoms with Crippen LogP contribution in [0.4, 0.5) is 0 Å². The van der Waals surface area contributed by atoms with Crippen LogP contribution in [0.15, 0.2) is 72.8 Å². The Morgan fingerprint density at radius 2 is 1.52 bits per heavy atom. The highest BCUT2D eigenvalue weighted by molar-refractivity contribution is 6.30. The first-order chi connectivity index (χ1) is 11.2. The van der Waals surface area contributed by atoms with Crippen LogP contribution in [0.5, 0.6) is 0 Å². The van der Waals surface area contributed by atoms with Crippen LogP contribution >= 0.6 is 11.6 Å². The van der Waals surface area contributed by atoms with Gasteiger partial charge in [-0.05, 0) is 43.3 Å². The van der Waals surface area contributed by atoms with E-state index >= 15 is 0 Å². The van der Waals surface area contributed by atoms with Gasteiger partial charge in [-0.25, -0.2) is 4.98 Å². The summed E-state index contributed by atoms with van der Waals surface area (Å²) in [5.74, 6) is 0.938. The number of aromatic nitrogens is 2. The molecule has 1 aromatic heterocycles. The minimum atomic E-state index is 0.732. The summed E-state index contributed by atoms with van der Waals surface area (Å²) in [6.07, 6.45) is 0. The van der Waals surface area contributed by atoms with Gasteiger partial charge in [0.1, 0.15) is 5.82 Å². The van der Waals surface area contributed by atoms with Crippen molar-refractivity contribution in [3.8, 4) is 17.1 Å². The van der Waals surface area contributed by atoms with E-state index in [0.29, 0.717) is 0 Å². The van der Waals surface area contributed by atoms with Crippen LogP contribution in [-0.4, -0.2) is 9.55 Å². The Bertz CT molecular complexity index is 967. The molecule has 3 heteroatoms. The molecule has 3 aromatic carbocycles. The molecule has 0 radical (unpaired) electrons. The van der Waals surface area contributed by atoms with Crippen LogP contribution in [-0.2, 0) is 0 Å². The molecule has 0 N–H and O–H groups in total. The summed E-state index contributed by atoms with van der Waals surface area (Å²) < 4.78 is 2.18. The normalized spacial score (nSPS) is 11.0. The lowest BCUT2D eigenvalue weighted by molar-refractivity contribution is 1.10. The number of benzene rings is 3. The first-order valence-corrected chi connectivity index (χ1v) is 7.91. The van der Waals surface area contributed by atoms with Gasteiger partial charge < -0.3 is 0 Å². The molecule has 4 aromatic rings. The third-order valence-electron chi connectivity index (χ3n) is 3.96. The van der Waals surface area contributed by atoms with Gasteiger partial charge in [-0.3, -0.25) is 4.57 Å². The zero-order valence-corrected chi connectivity index (χ0v) is 13.5. The molecule has 0 bridgehead atoms. The van der Waals surface area contributed by atoms with Crippen LogP contribution in [0, 0.1) is 6.92 Å². The molecular weight excluding hydrogens is 304 g/mol. The highest BCUT2D eigenvalue weighted by atomic mass is 35.5. The van der Waals surface area contributed by atoms with Gasteiger partial charge in [-0.15, -0.1) is 0 Å². The smallest absolute Gasteiger partial charge is 0.145 e. The molecule has 0 aliphatic heterocycles. The fraction of sp³-hybridized carbons (Fsp3) is 0.0500. The second-order valence-electron chi connectivity index (χ2n) is 5.60. The Hall–Kier alpha value is -2.58. The molecule has 0 unspecified atom stereocenters. The molecule has 0 atom stereocenters. The number of para-hydroxylation sites is 2. The summed E-state index contributed by atoms with van der Waals surface area (Å²) >= 11 is 6.04. The third kappa shape index (κ3) is 2.51. The van der Waals surface area contributed by atoms with Gasteiger partial charge in [-0.2, -0.15) is 0 Å². The van der Waals surface area contributed by atoms with Crippen molar-refractivity contribution >= 4 is 22.6 Å². The number of hydrogen-bond donors (Lipinski definition) is 0. The molecule has 0 aliphatic rings. The summed E-state index contributed by atoms with van der Waals surface area (Å²) in [6.45, 7) is 2.09. The monoisotopic (exact) mass is 318 g/mol. The average Bonchev–Trinajstić information content (AvgIpc) is 2.96. The van der Waals surface area contributed by atoms with E-state index in [2.05, 4.69) is 41.8 Å². The van der Waals surface area contributed by atoms with Gasteiger partial charge in [0.05, 0.1) is 11.0 Å². The van der Waals surface area contributed by atoms with Crippen molar-refractivity contribution in [2.45, 2.75) is 6.92 Å². The lowest BCUT2D eigenvalue weighted by Crippen LogP contribution is -1.97. The van der Waals surface area contributed by atoms with Crippen molar-refractivity contribution < 1.29 is 0 Å². The molecule has 0 spiro atoms. The summed E-state index contributed by atoms with van der Waals surface area (Å²) in [6, 6.07) is 24.5. The van der Waals surface area contributed by atoms with Crippen LogP contribution in [0.2, 0.25) is 5.02 Å². The predicted molar refractivity (Wildman–Crippen MR) is 96.3 cm³/mol.